The number of thioether (sulfide) groups is 1. The van der Waals surface area contributed by atoms with Gasteiger partial charge in [0, 0.05) is 4.47 Å². The molecule has 5 nitrogen and oxygen atoms in total. The zero-order valence-electron chi connectivity index (χ0n) is 19.0. The van der Waals surface area contributed by atoms with E-state index in [-0.39, 0.29) is 5.91 Å². The molecule has 1 fully saturated rings. The molecule has 1 aliphatic rings. The second-order valence-electron chi connectivity index (χ2n) is 7.42. The third-order valence-corrected chi connectivity index (χ3v) is 6.57. The third-order valence-electron chi connectivity index (χ3n) is 4.91. The smallest absolute Gasteiger partial charge is 0.271 e. The second kappa shape index (κ2) is 11.4. The molecular weight excluding hydrogens is 512 g/mol. The highest BCUT2D eigenvalue weighted by Gasteiger charge is 2.35. The molecule has 0 N–H and O–H groups in total. The van der Waals surface area contributed by atoms with Crippen LogP contribution < -0.4 is 14.4 Å². The van der Waals surface area contributed by atoms with E-state index >= 15 is 0 Å². The molecule has 0 saturated carbocycles. The lowest BCUT2D eigenvalue weighted by atomic mass is 10.1. The van der Waals surface area contributed by atoms with Gasteiger partial charge >= 0.3 is 0 Å². The van der Waals surface area contributed by atoms with E-state index in [1.165, 1.54) is 11.8 Å². The van der Waals surface area contributed by atoms with E-state index in [0.717, 1.165) is 27.8 Å². The fraction of sp³-hybridized carbons (Fsp3) is 0.185. The van der Waals surface area contributed by atoms with E-state index in [1.807, 2.05) is 85.8 Å². The first-order valence-corrected chi connectivity index (χ1v) is 12.7. The Balaban J connectivity index is 1.74. The molecule has 1 heterocycles. The molecule has 4 rings (SSSR count). The Morgan fingerprint density at radius 2 is 1.65 bits per heavy atom. The topological polar surface area (TPSA) is 51.1 Å². The summed E-state index contributed by atoms with van der Waals surface area (Å²) >= 11 is 4.99. The summed E-state index contributed by atoms with van der Waals surface area (Å²) in [5.74, 6) is 1.21. The molecule has 0 aliphatic carbocycles. The number of halogens is 1. The molecule has 0 unspecified atom stereocenters. The minimum Gasteiger partial charge on any atom is -0.490 e. The van der Waals surface area contributed by atoms with Gasteiger partial charge in [0.1, 0.15) is 0 Å². The van der Waals surface area contributed by atoms with Crippen LogP contribution in [0.5, 0.6) is 11.5 Å². The first-order chi connectivity index (χ1) is 16.6. The summed E-state index contributed by atoms with van der Waals surface area (Å²) in [6.07, 6.45) is 2.77. The lowest BCUT2D eigenvalue weighted by Crippen LogP contribution is -2.28. The molecule has 0 aromatic heterocycles. The first-order valence-electron chi connectivity index (χ1n) is 11.1. The van der Waals surface area contributed by atoms with Crippen LogP contribution in [0.25, 0.3) is 6.08 Å². The van der Waals surface area contributed by atoms with E-state index in [2.05, 4.69) is 22.9 Å². The van der Waals surface area contributed by atoms with Crippen LogP contribution in [0.4, 0.5) is 11.4 Å². The Bertz CT molecular complexity index is 1210. The molecule has 3 aromatic carbocycles. The number of aliphatic imine (C=N–C) groups is 1. The maximum atomic E-state index is 13.5. The number of carbonyl (C=O) groups excluding carboxylic acids is 1. The number of anilines is 1. The molecule has 3 aromatic rings. The molecule has 0 atom stereocenters. The number of rotatable bonds is 8. The predicted molar refractivity (Wildman–Crippen MR) is 144 cm³/mol. The Hall–Kier alpha value is -3.03. The van der Waals surface area contributed by atoms with Gasteiger partial charge in [-0.1, -0.05) is 59.3 Å². The van der Waals surface area contributed by atoms with Crippen molar-refractivity contribution in [2.45, 2.75) is 20.3 Å². The minimum atomic E-state index is -0.123. The third kappa shape index (κ3) is 5.54. The molecule has 1 aliphatic heterocycles. The van der Waals surface area contributed by atoms with Gasteiger partial charge in [0.2, 0.25) is 0 Å². The molecule has 34 heavy (non-hydrogen) atoms. The van der Waals surface area contributed by atoms with Crippen LogP contribution in [-0.2, 0) is 4.79 Å². The van der Waals surface area contributed by atoms with Gasteiger partial charge in [-0.3, -0.25) is 9.69 Å². The lowest BCUT2D eigenvalue weighted by Gasteiger charge is -2.15. The standard InChI is InChI=1S/C27H25BrN2O3S/c1-3-15-33-24-18-22(28)19(16-23(24)32-4-2)17-25-26(31)30(21-13-9-6-10-14-21)27(34-25)29-20-11-7-5-8-12-20/h5-14,16-18H,3-4,15H2,1-2H3/b25-17-,29-27?. The van der Waals surface area contributed by atoms with Gasteiger partial charge in [0.25, 0.3) is 5.91 Å². The average molecular weight is 537 g/mol. The Morgan fingerprint density at radius 1 is 0.971 bits per heavy atom. The normalized spacial score (nSPS) is 15.9. The molecule has 1 saturated heterocycles. The van der Waals surface area contributed by atoms with E-state index in [1.54, 1.807) is 4.90 Å². The number of ether oxygens (including phenoxy) is 2. The van der Waals surface area contributed by atoms with Crippen molar-refractivity contribution in [3.8, 4) is 11.5 Å². The highest BCUT2D eigenvalue weighted by molar-refractivity contribution is 9.10. The molecule has 0 radical (unpaired) electrons. The van der Waals surface area contributed by atoms with Crippen LogP contribution in [0.15, 0.2) is 87.2 Å². The van der Waals surface area contributed by atoms with Crippen molar-refractivity contribution in [3.05, 3.63) is 87.7 Å². The summed E-state index contributed by atoms with van der Waals surface area (Å²) in [7, 11) is 0. The molecule has 7 heteroatoms. The molecular formula is C27H25BrN2O3S. The highest BCUT2D eigenvalue weighted by atomic mass is 79.9. The summed E-state index contributed by atoms with van der Waals surface area (Å²) in [5, 5.41) is 0.609. The fourth-order valence-electron chi connectivity index (χ4n) is 3.36. The lowest BCUT2D eigenvalue weighted by molar-refractivity contribution is -0.113. The van der Waals surface area contributed by atoms with Crippen LogP contribution in [0, 0.1) is 0 Å². The highest BCUT2D eigenvalue weighted by Crippen LogP contribution is 2.40. The van der Waals surface area contributed by atoms with Crippen molar-refractivity contribution in [2.24, 2.45) is 4.99 Å². The van der Waals surface area contributed by atoms with Crippen molar-refractivity contribution < 1.29 is 14.3 Å². The van der Waals surface area contributed by atoms with Crippen LogP contribution >= 0.6 is 27.7 Å². The van der Waals surface area contributed by atoms with Gasteiger partial charge in [0.15, 0.2) is 16.7 Å². The van der Waals surface area contributed by atoms with Crippen LogP contribution in [0.1, 0.15) is 25.8 Å². The van der Waals surface area contributed by atoms with Crippen molar-refractivity contribution in [1.29, 1.82) is 0 Å². The van der Waals surface area contributed by atoms with Crippen molar-refractivity contribution in [2.75, 3.05) is 18.1 Å². The van der Waals surface area contributed by atoms with Crippen molar-refractivity contribution in [3.63, 3.8) is 0 Å². The number of amides is 1. The predicted octanol–water partition coefficient (Wildman–Crippen LogP) is 7.45. The number of carbonyl (C=O) groups is 1. The number of benzene rings is 3. The van der Waals surface area contributed by atoms with E-state index < -0.39 is 0 Å². The minimum absolute atomic E-state index is 0.123. The largest absolute Gasteiger partial charge is 0.490 e. The van der Waals surface area contributed by atoms with Gasteiger partial charge in [0.05, 0.1) is 29.5 Å². The van der Waals surface area contributed by atoms with Gasteiger partial charge in [-0.2, -0.15) is 0 Å². The summed E-state index contributed by atoms with van der Waals surface area (Å²) < 4.78 is 12.5. The van der Waals surface area contributed by atoms with Gasteiger partial charge in [-0.15, -0.1) is 0 Å². The maximum Gasteiger partial charge on any atom is 0.271 e. The summed E-state index contributed by atoms with van der Waals surface area (Å²) in [4.78, 5) is 20.5. The van der Waals surface area contributed by atoms with Crippen LogP contribution in [0.2, 0.25) is 0 Å². The average Bonchev–Trinajstić information content (AvgIpc) is 3.15. The zero-order valence-corrected chi connectivity index (χ0v) is 21.4. The summed E-state index contributed by atoms with van der Waals surface area (Å²) in [6, 6.07) is 23.0. The van der Waals surface area contributed by atoms with Crippen molar-refractivity contribution in [1.82, 2.24) is 0 Å². The number of hydrogen-bond acceptors (Lipinski definition) is 5. The van der Waals surface area contributed by atoms with Gasteiger partial charge < -0.3 is 9.47 Å². The Labute approximate surface area is 212 Å². The quantitative estimate of drug-likeness (QED) is 0.280. The molecule has 174 valence electrons. The fourth-order valence-corrected chi connectivity index (χ4v) is 4.79. The number of hydrogen-bond donors (Lipinski definition) is 0. The molecule has 0 spiro atoms. The van der Waals surface area contributed by atoms with Crippen LogP contribution in [-0.4, -0.2) is 24.3 Å². The maximum absolute atomic E-state index is 13.5. The van der Waals surface area contributed by atoms with Gasteiger partial charge in [-0.25, -0.2) is 4.99 Å². The molecule has 0 bridgehead atoms. The monoisotopic (exact) mass is 536 g/mol. The van der Waals surface area contributed by atoms with E-state index in [4.69, 9.17) is 14.5 Å². The molecule has 1 amide bonds. The number of amidine groups is 1. The Kier molecular flexibility index (Phi) is 8.08. The number of nitrogens with zero attached hydrogens (tertiary/aromatic N) is 2. The van der Waals surface area contributed by atoms with E-state index in [0.29, 0.717) is 34.8 Å². The zero-order chi connectivity index (χ0) is 23.9. The van der Waals surface area contributed by atoms with Gasteiger partial charge in [-0.05, 0) is 73.1 Å². The van der Waals surface area contributed by atoms with Crippen LogP contribution in [0.3, 0.4) is 0 Å². The summed E-state index contributed by atoms with van der Waals surface area (Å²) in [6.45, 7) is 5.12. The first kappa shape index (κ1) is 24.1. The Morgan fingerprint density at radius 3 is 2.32 bits per heavy atom. The SMILES string of the molecule is CCCOc1cc(Br)c(/C=C2\SC(=Nc3ccccc3)N(c3ccccc3)C2=O)cc1OCC. The van der Waals surface area contributed by atoms with E-state index in [9.17, 15) is 4.79 Å². The number of para-hydroxylation sites is 2. The summed E-state index contributed by atoms with van der Waals surface area (Å²) in [5.41, 5.74) is 2.39. The second-order valence-corrected chi connectivity index (χ2v) is 9.28. The van der Waals surface area contributed by atoms with Crippen molar-refractivity contribution >= 4 is 56.2 Å².